The summed E-state index contributed by atoms with van der Waals surface area (Å²) in [7, 11) is 0. The Morgan fingerprint density at radius 3 is 2.44 bits per heavy atom. The molecule has 2 atom stereocenters. The molecule has 1 amide bonds. The Kier molecular flexibility index (Phi) is 3.08. The zero-order chi connectivity index (χ0) is 12.7. The summed E-state index contributed by atoms with van der Waals surface area (Å²) in [5.74, 6) is 0.0694. The molecular weight excluding hydrogens is 246 g/mol. The lowest BCUT2D eigenvalue weighted by atomic mass is 9.99. The third kappa shape index (κ3) is 1.93. The van der Waals surface area contributed by atoms with Gasteiger partial charge in [0.15, 0.2) is 0 Å². The first-order valence-corrected chi connectivity index (χ1v) is 6.90. The standard InChI is InChI=1S/C14H17NO2S/c16-11-7-9-5-6-10(8-11)15(9)14(17)12-3-1-2-4-13(12)18/h1-4,9-11,16,18H,5-8H2. The molecule has 96 valence electrons. The lowest BCUT2D eigenvalue weighted by Gasteiger charge is -2.37. The zero-order valence-electron chi connectivity index (χ0n) is 10.1. The van der Waals surface area contributed by atoms with Gasteiger partial charge in [-0.05, 0) is 37.8 Å². The number of fused-ring (bicyclic) bond motifs is 2. The first kappa shape index (κ1) is 12.1. The van der Waals surface area contributed by atoms with Crippen LogP contribution in [-0.4, -0.2) is 34.1 Å². The van der Waals surface area contributed by atoms with E-state index in [-0.39, 0.29) is 24.1 Å². The molecule has 18 heavy (non-hydrogen) atoms. The van der Waals surface area contributed by atoms with Crippen molar-refractivity contribution in [3.05, 3.63) is 29.8 Å². The Morgan fingerprint density at radius 1 is 1.22 bits per heavy atom. The Labute approximate surface area is 112 Å². The van der Waals surface area contributed by atoms with Crippen LogP contribution < -0.4 is 0 Å². The van der Waals surface area contributed by atoms with Crippen LogP contribution in [0, 0.1) is 0 Å². The molecule has 2 aliphatic heterocycles. The Bertz CT molecular complexity index is 463. The van der Waals surface area contributed by atoms with Crippen LogP contribution in [0.5, 0.6) is 0 Å². The summed E-state index contributed by atoms with van der Waals surface area (Å²) in [5, 5.41) is 9.76. The lowest BCUT2D eigenvalue weighted by Crippen LogP contribution is -2.48. The summed E-state index contributed by atoms with van der Waals surface area (Å²) in [6.45, 7) is 0. The van der Waals surface area contributed by atoms with Gasteiger partial charge in [0.2, 0.25) is 0 Å². The third-order valence-electron chi connectivity index (χ3n) is 4.08. The van der Waals surface area contributed by atoms with Gasteiger partial charge in [0.25, 0.3) is 5.91 Å². The predicted molar refractivity (Wildman–Crippen MR) is 71.9 cm³/mol. The maximum absolute atomic E-state index is 12.6. The average Bonchev–Trinajstić information content (AvgIpc) is 2.61. The Hall–Kier alpha value is -1.00. The normalized spacial score (nSPS) is 30.6. The molecule has 1 N–H and O–H groups in total. The summed E-state index contributed by atoms with van der Waals surface area (Å²) < 4.78 is 0. The number of nitrogens with zero attached hydrogens (tertiary/aromatic N) is 1. The second kappa shape index (κ2) is 4.59. The summed E-state index contributed by atoms with van der Waals surface area (Å²) in [6.07, 6.45) is 3.23. The highest BCUT2D eigenvalue weighted by molar-refractivity contribution is 7.80. The van der Waals surface area contributed by atoms with Crippen molar-refractivity contribution in [1.82, 2.24) is 4.90 Å². The van der Waals surface area contributed by atoms with Crippen molar-refractivity contribution in [3.8, 4) is 0 Å². The van der Waals surface area contributed by atoms with E-state index in [1.165, 1.54) is 0 Å². The summed E-state index contributed by atoms with van der Waals surface area (Å²) in [6, 6.07) is 7.84. The van der Waals surface area contributed by atoms with E-state index in [0.717, 1.165) is 30.6 Å². The minimum absolute atomic E-state index is 0.0694. The second-order valence-corrected chi connectivity index (χ2v) is 5.72. The predicted octanol–water partition coefficient (Wildman–Crippen LogP) is 2.10. The number of carbonyl (C=O) groups is 1. The van der Waals surface area contributed by atoms with Gasteiger partial charge in [-0.3, -0.25) is 4.79 Å². The van der Waals surface area contributed by atoms with Gasteiger partial charge >= 0.3 is 0 Å². The van der Waals surface area contributed by atoms with Crippen molar-refractivity contribution >= 4 is 18.5 Å². The quantitative estimate of drug-likeness (QED) is 0.762. The van der Waals surface area contributed by atoms with Gasteiger partial charge in [0.05, 0.1) is 11.7 Å². The number of aliphatic hydroxyl groups is 1. The first-order chi connectivity index (χ1) is 8.66. The maximum atomic E-state index is 12.6. The molecule has 0 aromatic heterocycles. The van der Waals surface area contributed by atoms with E-state index in [9.17, 15) is 9.90 Å². The number of thiol groups is 1. The van der Waals surface area contributed by atoms with Crippen molar-refractivity contribution in [2.45, 2.75) is 48.8 Å². The van der Waals surface area contributed by atoms with Crippen LogP contribution in [0.4, 0.5) is 0 Å². The molecule has 0 radical (unpaired) electrons. The average molecular weight is 263 g/mol. The molecule has 2 unspecified atom stereocenters. The molecule has 1 aromatic carbocycles. The fourth-order valence-electron chi connectivity index (χ4n) is 3.27. The van der Waals surface area contributed by atoms with Crippen molar-refractivity contribution in [3.63, 3.8) is 0 Å². The highest BCUT2D eigenvalue weighted by Gasteiger charge is 2.43. The van der Waals surface area contributed by atoms with Gasteiger partial charge in [0, 0.05) is 17.0 Å². The Balaban J connectivity index is 1.88. The molecule has 2 fully saturated rings. The number of carbonyl (C=O) groups excluding carboxylic acids is 1. The van der Waals surface area contributed by atoms with E-state index < -0.39 is 0 Å². The van der Waals surface area contributed by atoms with Gasteiger partial charge < -0.3 is 10.0 Å². The topological polar surface area (TPSA) is 40.5 Å². The molecule has 2 aliphatic rings. The molecule has 3 rings (SSSR count). The summed E-state index contributed by atoms with van der Waals surface area (Å²) >= 11 is 4.36. The fourth-order valence-corrected chi connectivity index (χ4v) is 3.53. The summed E-state index contributed by atoms with van der Waals surface area (Å²) in [5.41, 5.74) is 0.675. The summed E-state index contributed by atoms with van der Waals surface area (Å²) in [4.78, 5) is 15.3. The monoisotopic (exact) mass is 263 g/mol. The highest BCUT2D eigenvalue weighted by atomic mass is 32.1. The van der Waals surface area contributed by atoms with Crippen molar-refractivity contribution in [2.24, 2.45) is 0 Å². The van der Waals surface area contributed by atoms with Crippen LogP contribution >= 0.6 is 12.6 Å². The molecule has 1 aromatic rings. The van der Waals surface area contributed by atoms with Crippen LogP contribution in [0.2, 0.25) is 0 Å². The van der Waals surface area contributed by atoms with Crippen LogP contribution in [-0.2, 0) is 0 Å². The molecular formula is C14H17NO2S. The largest absolute Gasteiger partial charge is 0.393 e. The molecule has 2 saturated heterocycles. The smallest absolute Gasteiger partial charge is 0.255 e. The van der Waals surface area contributed by atoms with Gasteiger partial charge in [0.1, 0.15) is 0 Å². The molecule has 0 saturated carbocycles. The van der Waals surface area contributed by atoms with Crippen LogP contribution in [0.3, 0.4) is 0 Å². The minimum atomic E-state index is -0.238. The SMILES string of the molecule is O=C(c1ccccc1S)N1C2CCC1CC(O)C2. The van der Waals surface area contributed by atoms with E-state index in [1.54, 1.807) is 0 Å². The van der Waals surface area contributed by atoms with E-state index in [2.05, 4.69) is 12.6 Å². The van der Waals surface area contributed by atoms with Crippen LogP contribution in [0.15, 0.2) is 29.2 Å². The number of amides is 1. The fraction of sp³-hybridized carbons (Fsp3) is 0.500. The van der Waals surface area contributed by atoms with Gasteiger partial charge in [-0.15, -0.1) is 12.6 Å². The van der Waals surface area contributed by atoms with Gasteiger partial charge in [-0.25, -0.2) is 0 Å². The number of hydrogen-bond acceptors (Lipinski definition) is 3. The van der Waals surface area contributed by atoms with Crippen LogP contribution in [0.1, 0.15) is 36.0 Å². The number of hydrogen-bond donors (Lipinski definition) is 2. The lowest BCUT2D eigenvalue weighted by molar-refractivity contribution is 0.0284. The van der Waals surface area contributed by atoms with Crippen LogP contribution in [0.25, 0.3) is 0 Å². The highest BCUT2D eigenvalue weighted by Crippen LogP contribution is 2.37. The molecule has 4 heteroatoms. The Morgan fingerprint density at radius 2 is 1.83 bits per heavy atom. The zero-order valence-corrected chi connectivity index (χ0v) is 11.0. The van der Waals surface area contributed by atoms with E-state index in [1.807, 2.05) is 29.2 Å². The number of rotatable bonds is 1. The van der Waals surface area contributed by atoms with E-state index in [4.69, 9.17) is 0 Å². The van der Waals surface area contributed by atoms with Crippen molar-refractivity contribution in [2.75, 3.05) is 0 Å². The molecule has 2 heterocycles. The van der Waals surface area contributed by atoms with E-state index in [0.29, 0.717) is 5.56 Å². The molecule has 0 spiro atoms. The number of aliphatic hydroxyl groups excluding tert-OH is 1. The molecule has 3 nitrogen and oxygen atoms in total. The van der Waals surface area contributed by atoms with Gasteiger partial charge in [-0.2, -0.15) is 0 Å². The first-order valence-electron chi connectivity index (χ1n) is 6.45. The van der Waals surface area contributed by atoms with Crippen molar-refractivity contribution in [1.29, 1.82) is 0 Å². The second-order valence-electron chi connectivity index (χ2n) is 5.24. The number of piperidine rings is 1. The van der Waals surface area contributed by atoms with Crippen molar-refractivity contribution < 1.29 is 9.90 Å². The molecule has 2 bridgehead atoms. The van der Waals surface area contributed by atoms with Gasteiger partial charge in [-0.1, -0.05) is 12.1 Å². The number of benzene rings is 1. The maximum Gasteiger partial charge on any atom is 0.255 e. The van der Waals surface area contributed by atoms with E-state index >= 15 is 0 Å². The molecule has 0 aliphatic carbocycles. The minimum Gasteiger partial charge on any atom is -0.393 e. The third-order valence-corrected chi connectivity index (χ3v) is 4.47.